The largest absolute Gasteiger partial charge is 0.497 e. The van der Waals surface area contributed by atoms with E-state index in [0.29, 0.717) is 18.7 Å². The van der Waals surface area contributed by atoms with Crippen LogP contribution >= 0.6 is 0 Å². The first-order valence-electron chi connectivity index (χ1n) is 13.5. The number of amides is 1. The lowest BCUT2D eigenvalue weighted by molar-refractivity contribution is -0.929. The van der Waals surface area contributed by atoms with Crippen molar-refractivity contribution in [2.45, 2.75) is 6.04 Å². The lowest BCUT2D eigenvalue weighted by atomic mass is 9.96. The molecule has 1 saturated heterocycles. The van der Waals surface area contributed by atoms with Crippen molar-refractivity contribution < 1.29 is 14.4 Å². The fourth-order valence-corrected chi connectivity index (χ4v) is 5.69. The maximum atomic E-state index is 14.0. The molecule has 194 valence electrons. The number of carbonyl (C=O) groups excluding carboxylic acids is 1. The summed E-state index contributed by atoms with van der Waals surface area (Å²) in [5.41, 5.74) is 5.83. The lowest BCUT2D eigenvalue weighted by Gasteiger charge is -2.37. The van der Waals surface area contributed by atoms with Gasteiger partial charge in [-0.1, -0.05) is 91.0 Å². The molecule has 5 nitrogen and oxygen atoms in total. The number of benzene rings is 4. The number of rotatable bonds is 6. The number of fused-ring (bicyclic) bond motifs is 1. The second-order valence-electron chi connectivity index (χ2n) is 10.0. The van der Waals surface area contributed by atoms with E-state index in [4.69, 9.17) is 9.72 Å². The Hall–Kier alpha value is -4.48. The molecule has 39 heavy (non-hydrogen) atoms. The van der Waals surface area contributed by atoms with E-state index < -0.39 is 0 Å². The van der Waals surface area contributed by atoms with Crippen molar-refractivity contribution in [3.05, 3.63) is 132 Å². The molecule has 6 rings (SSSR count). The van der Waals surface area contributed by atoms with Crippen LogP contribution in [-0.4, -0.2) is 49.1 Å². The number of methoxy groups -OCH3 is 1. The van der Waals surface area contributed by atoms with Crippen LogP contribution in [0.3, 0.4) is 0 Å². The molecule has 1 aromatic heterocycles. The Morgan fingerprint density at radius 3 is 2.10 bits per heavy atom. The molecule has 2 heterocycles. The van der Waals surface area contributed by atoms with Gasteiger partial charge in [-0.25, -0.2) is 4.98 Å². The number of ether oxygens (including phenoxy) is 1. The highest BCUT2D eigenvalue weighted by molar-refractivity contribution is 6.07. The monoisotopic (exact) mass is 514 g/mol. The number of nitrogens with zero attached hydrogens (tertiary/aromatic N) is 2. The normalized spacial score (nSPS) is 14.1. The van der Waals surface area contributed by atoms with Gasteiger partial charge in [0.1, 0.15) is 11.8 Å². The van der Waals surface area contributed by atoms with Crippen molar-refractivity contribution in [1.82, 2.24) is 9.88 Å². The Balaban J connectivity index is 1.28. The zero-order valence-corrected chi connectivity index (χ0v) is 22.1. The molecule has 0 bridgehead atoms. The van der Waals surface area contributed by atoms with Crippen LogP contribution in [0.2, 0.25) is 0 Å². The van der Waals surface area contributed by atoms with Crippen molar-refractivity contribution in [2.75, 3.05) is 33.3 Å². The summed E-state index contributed by atoms with van der Waals surface area (Å²) in [5, 5.41) is 0.885. The van der Waals surface area contributed by atoms with Gasteiger partial charge in [0, 0.05) is 22.1 Å². The van der Waals surface area contributed by atoms with E-state index in [0.717, 1.165) is 41.0 Å². The number of hydrogen-bond acceptors (Lipinski definition) is 3. The average molecular weight is 515 g/mol. The predicted octanol–water partition coefficient (Wildman–Crippen LogP) is 5.04. The minimum atomic E-state index is 0.0627. The van der Waals surface area contributed by atoms with Crippen LogP contribution in [0.15, 0.2) is 115 Å². The lowest BCUT2D eigenvalue weighted by Crippen LogP contribution is -3.15. The molecule has 5 heteroatoms. The molecule has 1 aliphatic heterocycles. The second-order valence-corrected chi connectivity index (χ2v) is 10.0. The van der Waals surface area contributed by atoms with Crippen LogP contribution in [-0.2, 0) is 0 Å². The van der Waals surface area contributed by atoms with Crippen LogP contribution in [0.1, 0.15) is 27.5 Å². The highest BCUT2D eigenvalue weighted by Gasteiger charge is 2.32. The second kappa shape index (κ2) is 11.1. The zero-order chi connectivity index (χ0) is 26.6. The highest BCUT2D eigenvalue weighted by atomic mass is 16.5. The van der Waals surface area contributed by atoms with E-state index in [9.17, 15) is 4.79 Å². The Labute approximate surface area is 229 Å². The van der Waals surface area contributed by atoms with Gasteiger partial charge in [0.25, 0.3) is 5.91 Å². The van der Waals surface area contributed by atoms with Crippen LogP contribution in [0.4, 0.5) is 0 Å². The van der Waals surface area contributed by atoms with E-state index in [2.05, 4.69) is 60.7 Å². The summed E-state index contributed by atoms with van der Waals surface area (Å²) in [5.74, 6) is 0.827. The van der Waals surface area contributed by atoms with Crippen LogP contribution < -0.4 is 9.64 Å². The van der Waals surface area contributed by atoms with Crippen molar-refractivity contribution in [3.63, 3.8) is 0 Å². The van der Waals surface area contributed by atoms with Gasteiger partial charge in [-0.3, -0.25) is 4.79 Å². The molecular formula is C34H32N3O2+. The van der Waals surface area contributed by atoms with Gasteiger partial charge >= 0.3 is 0 Å². The molecular weight excluding hydrogens is 482 g/mol. The molecule has 1 fully saturated rings. The molecule has 1 amide bonds. The first kappa shape index (κ1) is 24.8. The summed E-state index contributed by atoms with van der Waals surface area (Å²) in [4.78, 5) is 22.4. The number of pyridine rings is 1. The van der Waals surface area contributed by atoms with E-state index in [-0.39, 0.29) is 11.9 Å². The third-order valence-corrected chi connectivity index (χ3v) is 7.68. The van der Waals surface area contributed by atoms with Gasteiger partial charge in [-0.2, -0.15) is 0 Å². The van der Waals surface area contributed by atoms with Crippen molar-refractivity contribution in [1.29, 1.82) is 0 Å². The van der Waals surface area contributed by atoms with Crippen LogP contribution in [0, 0.1) is 0 Å². The number of hydrogen-bond donors (Lipinski definition) is 1. The van der Waals surface area contributed by atoms with E-state index in [1.807, 2.05) is 59.5 Å². The predicted molar refractivity (Wildman–Crippen MR) is 155 cm³/mol. The molecule has 4 aromatic carbocycles. The van der Waals surface area contributed by atoms with Gasteiger partial charge in [-0.05, 0) is 24.3 Å². The summed E-state index contributed by atoms with van der Waals surface area (Å²) in [6, 6.07) is 39.3. The molecule has 0 aliphatic carbocycles. The summed E-state index contributed by atoms with van der Waals surface area (Å²) >= 11 is 0. The number of aromatic nitrogens is 1. The molecule has 0 spiro atoms. The van der Waals surface area contributed by atoms with Gasteiger partial charge in [0.2, 0.25) is 0 Å². The molecule has 0 unspecified atom stereocenters. The Kier molecular flexibility index (Phi) is 7.07. The first-order chi connectivity index (χ1) is 19.2. The third kappa shape index (κ3) is 5.14. The maximum absolute atomic E-state index is 14.0. The van der Waals surface area contributed by atoms with E-state index >= 15 is 0 Å². The molecule has 0 saturated carbocycles. The van der Waals surface area contributed by atoms with Crippen LogP contribution in [0.25, 0.3) is 22.2 Å². The average Bonchev–Trinajstić information content (AvgIpc) is 3.02. The van der Waals surface area contributed by atoms with Crippen molar-refractivity contribution >= 4 is 16.8 Å². The minimum Gasteiger partial charge on any atom is -0.497 e. The van der Waals surface area contributed by atoms with Gasteiger partial charge < -0.3 is 14.5 Å². The molecule has 1 aliphatic rings. The summed E-state index contributed by atoms with van der Waals surface area (Å²) in [6.45, 7) is 3.17. The molecule has 0 atom stereocenters. The standard InChI is InChI=1S/C34H31N3O2/c1-39-28-16-10-15-27(23-28)32-24-30(29-17-8-9-18-31(29)35-32)34(38)37-21-19-36(20-22-37)33(25-11-4-2-5-12-25)26-13-6-3-7-14-26/h2-18,23-24,33H,19-22H2,1H3/p+1. The number of quaternary nitrogens is 1. The van der Waals surface area contributed by atoms with Gasteiger partial charge in [-0.15, -0.1) is 0 Å². The highest BCUT2D eigenvalue weighted by Crippen LogP contribution is 2.28. The Morgan fingerprint density at radius 1 is 0.795 bits per heavy atom. The van der Waals surface area contributed by atoms with E-state index in [1.54, 1.807) is 7.11 Å². The van der Waals surface area contributed by atoms with Crippen LogP contribution in [0.5, 0.6) is 5.75 Å². The molecule has 1 N–H and O–H groups in total. The fourth-order valence-electron chi connectivity index (χ4n) is 5.69. The Bertz CT molecular complexity index is 1540. The van der Waals surface area contributed by atoms with Crippen molar-refractivity contribution in [2.24, 2.45) is 0 Å². The summed E-state index contributed by atoms with van der Waals surface area (Å²) < 4.78 is 5.42. The van der Waals surface area contributed by atoms with Gasteiger partial charge in [0.15, 0.2) is 0 Å². The zero-order valence-electron chi connectivity index (χ0n) is 22.1. The molecule has 0 radical (unpaired) electrons. The number of nitrogens with one attached hydrogen (secondary N) is 1. The molecule has 5 aromatic rings. The number of piperazine rings is 1. The Morgan fingerprint density at radius 2 is 1.44 bits per heavy atom. The van der Waals surface area contributed by atoms with Gasteiger partial charge in [0.05, 0.1) is 50.1 Å². The summed E-state index contributed by atoms with van der Waals surface area (Å²) in [6.07, 6.45) is 0. The number of para-hydroxylation sites is 1. The quantitative estimate of drug-likeness (QED) is 0.345. The van der Waals surface area contributed by atoms with Crippen molar-refractivity contribution in [3.8, 4) is 17.0 Å². The third-order valence-electron chi connectivity index (χ3n) is 7.68. The fraction of sp³-hybridized carbons (Fsp3) is 0.176. The van der Waals surface area contributed by atoms with E-state index in [1.165, 1.54) is 16.0 Å². The number of carbonyl (C=O) groups is 1. The topological polar surface area (TPSA) is 46.9 Å². The smallest absolute Gasteiger partial charge is 0.255 e. The first-order valence-corrected chi connectivity index (χ1v) is 13.5. The SMILES string of the molecule is COc1cccc(-c2cc(C(=O)N3CC[NH+](C(c4ccccc4)c4ccccc4)CC3)c3ccccc3n2)c1. The minimum absolute atomic E-state index is 0.0627. The maximum Gasteiger partial charge on any atom is 0.255 e. The summed E-state index contributed by atoms with van der Waals surface area (Å²) in [7, 11) is 1.66.